The minimum atomic E-state index is -3.97. The van der Waals surface area contributed by atoms with Gasteiger partial charge in [-0.05, 0) is 81.6 Å². The van der Waals surface area contributed by atoms with Crippen LogP contribution >= 0.6 is 0 Å². The van der Waals surface area contributed by atoms with E-state index in [0.717, 1.165) is 32.5 Å². The Morgan fingerprint density at radius 1 is 0.895 bits per heavy atom. The molecule has 0 unspecified atom stereocenters. The molecule has 0 aliphatic carbocycles. The van der Waals surface area contributed by atoms with Crippen LogP contribution in [0.5, 0.6) is 0 Å². The van der Waals surface area contributed by atoms with Crippen molar-refractivity contribution >= 4 is 27.8 Å². The fourth-order valence-electron chi connectivity index (χ4n) is 4.58. The molecule has 4 rings (SSSR count). The second-order valence-electron chi connectivity index (χ2n) is 9.36. The first-order valence-electron chi connectivity index (χ1n) is 12.3. The second-order valence-corrected chi connectivity index (χ2v) is 11.2. The largest absolute Gasteiger partial charge is 0.317 e. The summed E-state index contributed by atoms with van der Waals surface area (Å²) in [4.78, 5) is 13.0. The van der Waals surface area contributed by atoms with Crippen molar-refractivity contribution in [2.24, 2.45) is 5.10 Å². The first-order valence-corrected chi connectivity index (χ1v) is 13.8. The first-order chi connectivity index (χ1) is 18.1. The van der Waals surface area contributed by atoms with Crippen molar-refractivity contribution in [2.75, 3.05) is 10.8 Å². The number of carbonyl (C=O) groups excluding carboxylic acids is 1. The Balaban J connectivity index is 1.57. The molecule has 0 saturated heterocycles. The number of hydrazone groups is 1. The van der Waals surface area contributed by atoms with E-state index in [4.69, 9.17) is 0 Å². The molecule has 1 amide bonds. The lowest BCUT2D eigenvalue weighted by Gasteiger charge is -2.24. The molecular formula is C30H32N4O3S. The molecule has 0 bridgehead atoms. The summed E-state index contributed by atoms with van der Waals surface area (Å²) in [6, 6.07) is 23.3. The predicted octanol–water partition coefficient (Wildman–Crippen LogP) is 5.37. The number of hydrogen-bond donors (Lipinski definition) is 1. The summed E-state index contributed by atoms with van der Waals surface area (Å²) in [6.07, 6.45) is 1.59. The number of hydrogen-bond acceptors (Lipinski definition) is 4. The average molecular weight is 529 g/mol. The number of amides is 1. The van der Waals surface area contributed by atoms with Gasteiger partial charge in [-0.15, -0.1) is 0 Å². The predicted molar refractivity (Wildman–Crippen MR) is 153 cm³/mol. The van der Waals surface area contributed by atoms with Crippen LogP contribution in [0.15, 0.2) is 88.9 Å². The number of rotatable bonds is 8. The third-order valence-electron chi connectivity index (χ3n) is 6.43. The number of anilines is 1. The Bertz CT molecular complexity index is 1590. The van der Waals surface area contributed by atoms with E-state index in [-0.39, 0.29) is 4.90 Å². The molecule has 1 heterocycles. The molecule has 3 aromatic carbocycles. The number of benzene rings is 3. The van der Waals surface area contributed by atoms with Crippen LogP contribution in [0.1, 0.15) is 33.6 Å². The monoisotopic (exact) mass is 528 g/mol. The third kappa shape index (κ3) is 5.55. The number of nitrogens with one attached hydrogen (secondary N) is 1. The summed E-state index contributed by atoms with van der Waals surface area (Å²) in [7, 11) is -3.97. The van der Waals surface area contributed by atoms with E-state index in [0.29, 0.717) is 5.69 Å². The maximum atomic E-state index is 13.5. The minimum absolute atomic E-state index is 0.108. The summed E-state index contributed by atoms with van der Waals surface area (Å²) in [6.45, 7) is 9.66. The van der Waals surface area contributed by atoms with Crippen LogP contribution in [-0.2, 0) is 14.8 Å². The Hall–Kier alpha value is -4.17. The molecular weight excluding hydrogens is 496 g/mol. The number of aryl methyl sites for hydroxylation is 4. The van der Waals surface area contributed by atoms with Crippen LogP contribution in [-0.4, -0.2) is 31.7 Å². The van der Waals surface area contributed by atoms with Gasteiger partial charge < -0.3 is 4.57 Å². The number of nitrogens with zero attached hydrogens (tertiary/aromatic N) is 3. The third-order valence-corrected chi connectivity index (χ3v) is 8.22. The molecule has 0 atom stereocenters. The normalized spacial score (nSPS) is 11.6. The molecule has 0 aliphatic heterocycles. The summed E-state index contributed by atoms with van der Waals surface area (Å²) < 4.78 is 30.2. The van der Waals surface area contributed by atoms with E-state index in [1.165, 1.54) is 23.3 Å². The summed E-state index contributed by atoms with van der Waals surface area (Å²) in [5.41, 5.74) is 10.2. The SMILES string of the molecule is Cc1cccc(N(CC(=O)N/N=C\c2cc(C)n(-c3c(C)cccc3C)c2C)S(=O)(=O)c2ccccc2)c1. The fourth-order valence-corrected chi connectivity index (χ4v) is 6.01. The second kappa shape index (κ2) is 11.1. The highest BCUT2D eigenvalue weighted by Crippen LogP contribution is 2.26. The molecule has 4 aromatic rings. The van der Waals surface area contributed by atoms with E-state index in [2.05, 4.69) is 41.1 Å². The topological polar surface area (TPSA) is 83.8 Å². The molecule has 0 fully saturated rings. The van der Waals surface area contributed by atoms with Gasteiger partial charge in [0.1, 0.15) is 6.54 Å². The first kappa shape index (κ1) is 26.9. The van der Waals surface area contributed by atoms with Crippen LogP contribution in [0, 0.1) is 34.6 Å². The van der Waals surface area contributed by atoms with Crippen LogP contribution in [0.3, 0.4) is 0 Å². The van der Waals surface area contributed by atoms with E-state index in [1.807, 2.05) is 39.0 Å². The van der Waals surface area contributed by atoms with E-state index < -0.39 is 22.5 Å². The van der Waals surface area contributed by atoms with Crippen molar-refractivity contribution in [3.63, 3.8) is 0 Å². The van der Waals surface area contributed by atoms with Crippen LogP contribution in [0.25, 0.3) is 5.69 Å². The lowest BCUT2D eigenvalue weighted by Crippen LogP contribution is -2.39. The lowest BCUT2D eigenvalue weighted by atomic mass is 10.1. The highest BCUT2D eigenvalue weighted by Gasteiger charge is 2.27. The zero-order chi connectivity index (χ0) is 27.4. The van der Waals surface area contributed by atoms with Gasteiger partial charge in [-0.2, -0.15) is 5.10 Å². The molecule has 0 radical (unpaired) electrons. The van der Waals surface area contributed by atoms with Crippen molar-refractivity contribution in [3.05, 3.63) is 113 Å². The van der Waals surface area contributed by atoms with Gasteiger partial charge in [0, 0.05) is 17.0 Å². The molecule has 7 nitrogen and oxygen atoms in total. The molecule has 0 spiro atoms. The molecule has 38 heavy (non-hydrogen) atoms. The highest BCUT2D eigenvalue weighted by atomic mass is 32.2. The quantitative estimate of drug-likeness (QED) is 0.247. The number of para-hydroxylation sites is 1. The van der Waals surface area contributed by atoms with E-state index in [1.54, 1.807) is 42.6 Å². The van der Waals surface area contributed by atoms with Crippen molar-refractivity contribution in [2.45, 2.75) is 39.5 Å². The minimum Gasteiger partial charge on any atom is -0.317 e. The Kier molecular flexibility index (Phi) is 7.83. The fraction of sp³-hybridized carbons (Fsp3) is 0.200. The summed E-state index contributed by atoms with van der Waals surface area (Å²) in [5.74, 6) is -0.550. The standard InChI is InChI=1S/C30H32N4O3S/c1-21-11-9-14-27(17-21)33(38(36,37)28-15-7-6-8-16-28)20-29(35)32-31-19-26-18-24(4)34(25(26)5)30-22(2)12-10-13-23(30)3/h6-19H,20H2,1-5H3,(H,32,35)/b31-19-. The maximum Gasteiger partial charge on any atom is 0.264 e. The van der Waals surface area contributed by atoms with Crippen molar-refractivity contribution in [3.8, 4) is 5.69 Å². The smallest absolute Gasteiger partial charge is 0.264 e. The molecule has 0 saturated carbocycles. The summed E-state index contributed by atoms with van der Waals surface area (Å²) in [5, 5.41) is 4.16. The van der Waals surface area contributed by atoms with Crippen molar-refractivity contribution in [1.82, 2.24) is 9.99 Å². The van der Waals surface area contributed by atoms with Crippen molar-refractivity contribution < 1.29 is 13.2 Å². The molecule has 0 aliphatic rings. The Morgan fingerprint density at radius 3 is 2.21 bits per heavy atom. The van der Waals surface area contributed by atoms with Crippen molar-refractivity contribution in [1.29, 1.82) is 0 Å². The Labute approximate surface area is 224 Å². The zero-order valence-electron chi connectivity index (χ0n) is 22.3. The van der Waals surface area contributed by atoms with Gasteiger partial charge in [-0.25, -0.2) is 13.8 Å². The van der Waals surface area contributed by atoms with Gasteiger partial charge in [0.25, 0.3) is 15.9 Å². The summed E-state index contributed by atoms with van der Waals surface area (Å²) >= 11 is 0. The van der Waals surface area contributed by atoms with Gasteiger partial charge in [-0.3, -0.25) is 9.10 Å². The van der Waals surface area contributed by atoms with Gasteiger partial charge >= 0.3 is 0 Å². The Morgan fingerprint density at radius 2 is 1.55 bits per heavy atom. The molecule has 1 aromatic heterocycles. The van der Waals surface area contributed by atoms with Crippen LogP contribution in [0.4, 0.5) is 5.69 Å². The maximum absolute atomic E-state index is 13.5. The highest BCUT2D eigenvalue weighted by molar-refractivity contribution is 7.92. The number of sulfonamides is 1. The lowest BCUT2D eigenvalue weighted by molar-refractivity contribution is -0.119. The van der Waals surface area contributed by atoms with Gasteiger partial charge in [0.15, 0.2) is 0 Å². The van der Waals surface area contributed by atoms with E-state index >= 15 is 0 Å². The number of aromatic nitrogens is 1. The zero-order valence-corrected chi connectivity index (χ0v) is 23.1. The average Bonchev–Trinajstić information content (AvgIpc) is 3.15. The molecule has 8 heteroatoms. The van der Waals surface area contributed by atoms with Gasteiger partial charge in [-0.1, -0.05) is 48.5 Å². The van der Waals surface area contributed by atoms with Crippen LogP contribution in [0.2, 0.25) is 0 Å². The molecule has 196 valence electrons. The van der Waals surface area contributed by atoms with Gasteiger partial charge in [0.05, 0.1) is 22.5 Å². The van der Waals surface area contributed by atoms with Gasteiger partial charge in [0.2, 0.25) is 0 Å². The number of carbonyl (C=O) groups is 1. The molecule has 1 N–H and O–H groups in total. The van der Waals surface area contributed by atoms with Crippen LogP contribution < -0.4 is 9.73 Å². The van der Waals surface area contributed by atoms with E-state index in [9.17, 15) is 13.2 Å².